The van der Waals surface area contributed by atoms with Crippen molar-refractivity contribution in [1.29, 1.82) is 0 Å². The lowest BCUT2D eigenvalue weighted by atomic mass is 9.86. The van der Waals surface area contributed by atoms with E-state index in [1.165, 1.54) is 0 Å². The molecule has 0 aliphatic heterocycles. The van der Waals surface area contributed by atoms with Crippen molar-refractivity contribution >= 4 is 5.82 Å². The Hall–Kier alpha value is -1.13. The van der Waals surface area contributed by atoms with Crippen LogP contribution in [0.25, 0.3) is 0 Å². The van der Waals surface area contributed by atoms with Gasteiger partial charge in [-0.1, -0.05) is 6.92 Å². The molecule has 4 heteroatoms. The molecule has 3 N–H and O–H groups in total. The van der Waals surface area contributed by atoms with E-state index in [0.29, 0.717) is 5.82 Å². The van der Waals surface area contributed by atoms with E-state index in [1.807, 2.05) is 20.0 Å². The summed E-state index contributed by atoms with van der Waals surface area (Å²) in [6.45, 7) is 6.24. The molecular formula is C13H23N3O. The number of methoxy groups -OCH3 is 1. The maximum absolute atomic E-state index is 6.00. The van der Waals surface area contributed by atoms with Crippen LogP contribution in [0.5, 0.6) is 0 Å². The van der Waals surface area contributed by atoms with Gasteiger partial charge in [0.05, 0.1) is 11.6 Å². The van der Waals surface area contributed by atoms with E-state index in [4.69, 9.17) is 10.5 Å². The predicted octanol–water partition coefficient (Wildman–Crippen LogP) is 2.05. The summed E-state index contributed by atoms with van der Waals surface area (Å²) < 4.78 is 5.66. The lowest BCUT2D eigenvalue weighted by Crippen LogP contribution is -2.42. The molecule has 0 aromatic carbocycles. The first-order valence-electron chi connectivity index (χ1n) is 5.93. The first kappa shape index (κ1) is 13.9. The number of anilines is 1. The molecule has 2 atom stereocenters. The average molecular weight is 237 g/mol. The summed E-state index contributed by atoms with van der Waals surface area (Å²) >= 11 is 0. The zero-order valence-corrected chi connectivity index (χ0v) is 11.4. The van der Waals surface area contributed by atoms with Crippen molar-refractivity contribution < 1.29 is 4.74 Å². The van der Waals surface area contributed by atoms with Crippen molar-refractivity contribution in [1.82, 2.24) is 10.3 Å². The number of pyridine rings is 1. The van der Waals surface area contributed by atoms with Crippen LogP contribution in [-0.4, -0.2) is 24.7 Å². The average Bonchev–Trinajstić information content (AvgIpc) is 2.33. The number of likely N-dealkylation sites (N-methyl/N-ethyl adjacent to an activating group) is 1. The molecule has 0 fully saturated rings. The highest BCUT2D eigenvalue weighted by atomic mass is 16.5. The molecule has 0 saturated heterocycles. The van der Waals surface area contributed by atoms with E-state index in [1.54, 1.807) is 13.3 Å². The number of nitrogen functional groups attached to an aromatic ring is 1. The van der Waals surface area contributed by atoms with E-state index in [9.17, 15) is 0 Å². The number of nitrogens with two attached hydrogens (primary N) is 1. The standard InChI is InChI=1S/C13H23N3O/c1-6-13(3,17-5)11(15-4)10-9(2)7-8-16-12(10)14/h7-8,11,15H,6H2,1-5H3,(H2,14,16). The third kappa shape index (κ3) is 2.58. The fraction of sp³-hybridized carbons (Fsp3) is 0.615. The van der Waals surface area contributed by atoms with Crippen LogP contribution in [0.4, 0.5) is 5.82 Å². The number of nitrogens with zero attached hydrogens (tertiary/aromatic N) is 1. The first-order valence-corrected chi connectivity index (χ1v) is 5.93. The molecule has 1 rings (SSSR count). The van der Waals surface area contributed by atoms with Gasteiger partial charge in [0, 0.05) is 18.9 Å². The van der Waals surface area contributed by atoms with Gasteiger partial charge in [-0.3, -0.25) is 0 Å². The summed E-state index contributed by atoms with van der Waals surface area (Å²) in [4.78, 5) is 4.17. The van der Waals surface area contributed by atoms with E-state index < -0.39 is 0 Å². The van der Waals surface area contributed by atoms with Crippen molar-refractivity contribution in [3.05, 3.63) is 23.4 Å². The van der Waals surface area contributed by atoms with E-state index in [0.717, 1.165) is 17.5 Å². The first-order chi connectivity index (χ1) is 8.00. The van der Waals surface area contributed by atoms with Gasteiger partial charge in [0.1, 0.15) is 5.82 Å². The molecule has 0 spiro atoms. The van der Waals surface area contributed by atoms with E-state index in [-0.39, 0.29) is 11.6 Å². The number of nitrogens with one attached hydrogen (secondary N) is 1. The Morgan fingerprint density at radius 2 is 2.24 bits per heavy atom. The van der Waals surface area contributed by atoms with Crippen molar-refractivity contribution in [2.75, 3.05) is 19.9 Å². The van der Waals surface area contributed by atoms with Crippen LogP contribution in [0, 0.1) is 6.92 Å². The Morgan fingerprint density at radius 1 is 1.59 bits per heavy atom. The quantitative estimate of drug-likeness (QED) is 0.823. The Balaban J connectivity index is 3.27. The maximum atomic E-state index is 6.00. The van der Waals surface area contributed by atoms with Crippen LogP contribution >= 0.6 is 0 Å². The lowest BCUT2D eigenvalue weighted by Gasteiger charge is -2.37. The number of aryl methyl sites for hydroxylation is 1. The maximum Gasteiger partial charge on any atom is 0.128 e. The van der Waals surface area contributed by atoms with E-state index >= 15 is 0 Å². The summed E-state index contributed by atoms with van der Waals surface area (Å²) in [5.74, 6) is 0.570. The van der Waals surface area contributed by atoms with Gasteiger partial charge in [0.2, 0.25) is 0 Å². The van der Waals surface area contributed by atoms with Crippen LogP contribution in [-0.2, 0) is 4.74 Å². The third-order valence-electron chi connectivity index (χ3n) is 3.60. The van der Waals surface area contributed by atoms with Gasteiger partial charge in [-0.15, -0.1) is 0 Å². The molecule has 1 aromatic heterocycles. The van der Waals surface area contributed by atoms with Gasteiger partial charge in [0.15, 0.2) is 0 Å². The number of hydrogen-bond donors (Lipinski definition) is 2. The molecule has 2 unspecified atom stereocenters. The Kier molecular flexibility index (Phi) is 4.48. The SMILES string of the molecule is CCC(C)(OC)C(NC)c1c(C)ccnc1N. The topological polar surface area (TPSA) is 60.2 Å². The largest absolute Gasteiger partial charge is 0.383 e. The summed E-state index contributed by atoms with van der Waals surface area (Å²) in [5.41, 5.74) is 7.86. The lowest BCUT2D eigenvalue weighted by molar-refractivity contribution is -0.0280. The van der Waals surface area contributed by atoms with Crippen LogP contribution in [0.15, 0.2) is 12.3 Å². The molecular weight excluding hydrogens is 214 g/mol. The highest BCUT2D eigenvalue weighted by molar-refractivity contribution is 5.47. The fourth-order valence-corrected chi connectivity index (χ4v) is 2.19. The fourth-order valence-electron chi connectivity index (χ4n) is 2.19. The van der Waals surface area contributed by atoms with Gasteiger partial charge < -0.3 is 15.8 Å². The molecule has 1 heterocycles. The van der Waals surface area contributed by atoms with Gasteiger partial charge in [-0.2, -0.15) is 0 Å². The Bertz CT molecular complexity index is 355. The monoisotopic (exact) mass is 237 g/mol. The highest BCUT2D eigenvalue weighted by Crippen LogP contribution is 2.35. The smallest absolute Gasteiger partial charge is 0.128 e. The zero-order chi connectivity index (χ0) is 13.1. The summed E-state index contributed by atoms with van der Waals surface area (Å²) in [6.07, 6.45) is 2.62. The van der Waals surface area contributed by atoms with Crippen molar-refractivity contribution in [2.24, 2.45) is 0 Å². The van der Waals surface area contributed by atoms with Crippen molar-refractivity contribution in [3.8, 4) is 0 Å². The van der Waals surface area contributed by atoms with E-state index in [2.05, 4.69) is 24.1 Å². The van der Waals surface area contributed by atoms with Gasteiger partial charge >= 0.3 is 0 Å². The Morgan fingerprint density at radius 3 is 2.65 bits per heavy atom. The molecule has 4 nitrogen and oxygen atoms in total. The molecule has 0 aliphatic carbocycles. The number of rotatable bonds is 5. The van der Waals surface area contributed by atoms with Gasteiger partial charge in [0.25, 0.3) is 0 Å². The molecule has 96 valence electrons. The minimum Gasteiger partial charge on any atom is -0.383 e. The minimum absolute atomic E-state index is 0.0335. The highest BCUT2D eigenvalue weighted by Gasteiger charge is 2.35. The summed E-state index contributed by atoms with van der Waals surface area (Å²) in [6, 6.07) is 2.01. The number of hydrogen-bond acceptors (Lipinski definition) is 4. The Labute approximate surface area is 104 Å². The molecule has 0 radical (unpaired) electrons. The summed E-state index contributed by atoms with van der Waals surface area (Å²) in [7, 11) is 3.65. The van der Waals surface area contributed by atoms with Crippen LogP contribution in [0.2, 0.25) is 0 Å². The second-order valence-electron chi connectivity index (χ2n) is 4.52. The van der Waals surface area contributed by atoms with Crippen LogP contribution < -0.4 is 11.1 Å². The third-order valence-corrected chi connectivity index (χ3v) is 3.60. The summed E-state index contributed by atoms with van der Waals surface area (Å²) in [5, 5.41) is 3.30. The number of ether oxygens (including phenoxy) is 1. The van der Waals surface area contributed by atoms with Crippen LogP contribution in [0.1, 0.15) is 37.4 Å². The molecule has 1 aromatic rings. The predicted molar refractivity (Wildman–Crippen MR) is 70.9 cm³/mol. The second-order valence-corrected chi connectivity index (χ2v) is 4.52. The second kappa shape index (κ2) is 5.47. The zero-order valence-electron chi connectivity index (χ0n) is 11.4. The normalized spacial score (nSPS) is 16.5. The van der Waals surface area contributed by atoms with Crippen molar-refractivity contribution in [3.63, 3.8) is 0 Å². The molecule has 17 heavy (non-hydrogen) atoms. The number of aromatic nitrogens is 1. The van der Waals surface area contributed by atoms with Crippen molar-refractivity contribution in [2.45, 2.75) is 38.8 Å². The molecule has 0 saturated carbocycles. The minimum atomic E-state index is -0.295. The van der Waals surface area contributed by atoms with Gasteiger partial charge in [-0.05, 0) is 38.9 Å². The molecule has 0 amide bonds. The molecule has 0 bridgehead atoms. The molecule has 0 aliphatic rings. The van der Waals surface area contributed by atoms with Crippen LogP contribution in [0.3, 0.4) is 0 Å². The van der Waals surface area contributed by atoms with Gasteiger partial charge in [-0.25, -0.2) is 4.98 Å².